The SMILES string of the molecule is Cc1nc(-c2ccc(C3CCC3)cc2)nc(N)c1C(=O)NCC(=O)N(C)[C@@H]1C(=O)N[C@@H](C)C(=O)N[C@H](C(=O)O)Cc2ccc(OCCCN)c(c2)-c2cc1cc(OC[C@H](O)CN)c2O. The van der Waals surface area contributed by atoms with Crippen LogP contribution >= 0.6 is 0 Å². The van der Waals surface area contributed by atoms with E-state index >= 15 is 0 Å². The number of carboxylic acid groups (broad SMARTS) is 1. The molecule has 4 bridgehead atoms. The fourth-order valence-corrected chi connectivity index (χ4v) is 7.47. The molecule has 6 rings (SSSR count). The molecule has 0 radical (unpaired) electrons. The number of nitrogen functional groups attached to an aromatic ring is 1. The van der Waals surface area contributed by atoms with E-state index in [1.807, 2.05) is 24.3 Å². The molecule has 0 spiro atoms. The van der Waals surface area contributed by atoms with Crippen LogP contribution in [-0.4, -0.2) is 118 Å². The average Bonchev–Trinajstić information content (AvgIpc) is 3.24. The van der Waals surface area contributed by atoms with Crippen molar-refractivity contribution in [1.29, 1.82) is 0 Å². The van der Waals surface area contributed by atoms with Gasteiger partial charge in [-0.1, -0.05) is 36.8 Å². The zero-order valence-electron chi connectivity index (χ0n) is 35.9. The van der Waals surface area contributed by atoms with Crippen LogP contribution in [0.1, 0.15) is 77.3 Å². The Morgan fingerprint density at radius 2 is 1.69 bits per heavy atom. The summed E-state index contributed by atoms with van der Waals surface area (Å²) in [6, 6.07) is 11.1. The maximum absolute atomic E-state index is 14.4. The van der Waals surface area contributed by atoms with E-state index < -0.39 is 66.1 Å². The largest absolute Gasteiger partial charge is 0.504 e. The van der Waals surface area contributed by atoms with Crippen LogP contribution in [0.5, 0.6) is 17.2 Å². The van der Waals surface area contributed by atoms with E-state index in [-0.39, 0.29) is 71.4 Å². The maximum atomic E-state index is 14.4. The number of phenolic OH excluding ortho intramolecular Hbond substituents is 1. The van der Waals surface area contributed by atoms with Gasteiger partial charge in [0, 0.05) is 36.7 Å². The molecule has 1 fully saturated rings. The predicted octanol–water partition coefficient (Wildman–Crippen LogP) is 1.66. The van der Waals surface area contributed by atoms with E-state index in [9.17, 15) is 39.3 Å². The molecule has 0 unspecified atom stereocenters. The number of aromatic nitrogens is 2. The van der Waals surface area contributed by atoms with Crippen molar-refractivity contribution >= 4 is 35.4 Å². The van der Waals surface area contributed by atoms with Gasteiger partial charge in [-0.3, -0.25) is 19.2 Å². The number of carboxylic acids is 1. The third-order valence-electron chi connectivity index (χ3n) is 11.4. The second-order valence-electron chi connectivity index (χ2n) is 16.0. The highest BCUT2D eigenvalue weighted by atomic mass is 16.5. The first-order chi connectivity index (χ1) is 30.6. The molecule has 4 atom stereocenters. The minimum atomic E-state index is -1.58. The number of aliphatic hydroxyl groups excluding tert-OH is 1. The van der Waals surface area contributed by atoms with Crippen LogP contribution in [0, 0.1) is 6.92 Å². The first kappa shape index (κ1) is 46.7. The van der Waals surface area contributed by atoms with Crippen molar-refractivity contribution in [2.75, 3.05) is 45.6 Å². The number of carbonyl (C=O) groups excluding carboxylic acids is 4. The Morgan fingerprint density at radius 3 is 2.33 bits per heavy atom. The van der Waals surface area contributed by atoms with Crippen LogP contribution in [-0.2, 0) is 25.6 Å². The van der Waals surface area contributed by atoms with E-state index in [0.717, 1.165) is 23.3 Å². The lowest BCUT2D eigenvalue weighted by Gasteiger charge is -2.30. The highest BCUT2D eigenvalue weighted by molar-refractivity contribution is 6.01. The Bertz CT molecular complexity index is 2370. The normalized spacial score (nSPS) is 18.1. The van der Waals surface area contributed by atoms with Gasteiger partial charge in [-0.2, -0.15) is 0 Å². The Morgan fingerprint density at radius 1 is 0.953 bits per heavy atom. The molecule has 340 valence electrons. The summed E-state index contributed by atoms with van der Waals surface area (Å²) in [7, 11) is 1.30. The minimum Gasteiger partial charge on any atom is -0.504 e. The van der Waals surface area contributed by atoms with Crippen LogP contribution in [0.2, 0.25) is 0 Å². The van der Waals surface area contributed by atoms with E-state index in [4.69, 9.17) is 26.7 Å². The molecule has 1 saturated carbocycles. The Kier molecular flexibility index (Phi) is 15.0. The lowest BCUT2D eigenvalue weighted by Crippen LogP contribution is -2.53. The quantitative estimate of drug-likeness (QED) is 0.0767. The molecule has 12 N–H and O–H groups in total. The van der Waals surface area contributed by atoms with Crippen LogP contribution < -0.4 is 42.6 Å². The summed E-state index contributed by atoms with van der Waals surface area (Å²) in [6.07, 6.45) is 2.65. The van der Waals surface area contributed by atoms with Crippen molar-refractivity contribution in [2.24, 2.45) is 11.5 Å². The molecule has 3 aromatic carbocycles. The van der Waals surface area contributed by atoms with Gasteiger partial charge in [0.15, 0.2) is 17.3 Å². The number of hydrogen-bond acceptors (Lipinski definition) is 14. The van der Waals surface area contributed by atoms with Gasteiger partial charge in [0.2, 0.25) is 17.7 Å². The number of amides is 4. The number of hydrogen-bond donors (Lipinski definition) is 9. The van der Waals surface area contributed by atoms with Crippen LogP contribution in [0.15, 0.2) is 54.6 Å². The zero-order chi connectivity index (χ0) is 46.2. The monoisotopic (exact) mass is 881 g/mol. The second kappa shape index (κ2) is 20.6. The zero-order valence-corrected chi connectivity index (χ0v) is 35.9. The Hall–Kier alpha value is -6.83. The van der Waals surface area contributed by atoms with Crippen LogP contribution in [0.3, 0.4) is 0 Å². The van der Waals surface area contributed by atoms with Crippen molar-refractivity contribution in [2.45, 2.75) is 76.1 Å². The van der Waals surface area contributed by atoms with Crippen molar-refractivity contribution in [3.05, 3.63) is 82.5 Å². The van der Waals surface area contributed by atoms with Crippen molar-refractivity contribution < 1.29 is 48.8 Å². The van der Waals surface area contributed by atoms with Gasteiger partial charge in [-0.15, -0.1) is 0 Å². The van der Waals surface area contributed by atoms with E-state index in [1.165, 1.54) is 38.1 Å². The molecular weight excluding hydrogens is 827 g/mol. The molecular formula is C45H55N9O10. The van der Waals surface area contributed by atoms with E-state index in [2.05, 4.69) is 25.9 Å². The summed E-state index contributed by atoms with van der Waals surface area (Å²) in [4.78, 5) is 77.8. The van der Waals surface area contributed by atoms with Gasteiger partial charge < -0.3 is 62.8 Å². The summed E-state index contributed by atoms with van der Waals surface area (Å²) < 4.78 is 11.9. The predicted molar refractivity (Wildman–Crippen MR) is 235 cm³/mol. The molecule has 64 heavy (non-hydrogen) atoms. The first-order valence-corrected chi connectivity index (χ1v) is 21.1. The maximum Gasteiger partial charge on any atom is 0.326 e. The van der Waals surface area contributed by atoms with Gasteiger partial charge in [-0.25, -0.2) is 14.8 Å². The van der Waals surface area contributed by atoms with Gasteiger partial charge in [0.1, 0.15) is 48.0 Å². The first-order valence-electron chi connectivity index (χ1n) is 21.1. The average molecular weight is 882 g/mol. The molecule has 0 saturated heterocycles. The van der Waals surface area contributed by atoms with Crippen LogP contribution in [0.25, 0.3) is 22.5 Å². The molecule has 2 heterocycles. The number of likely N-dealkylation sites (N-methyl/N-ethyl adjacent to an activating group) is 1. The lowest BCUT2D eigenvalue weighted by molar-refractivity contribution is -0.142. The fourth-order valence-electron chi connectivity index (χ4n) is 7.47. The topological polar surface area (TPSA) is 308 Å². The standard InChI is InChI=1S/C45H55N9O10/c1-23-37(40(48)53-41(50-23)28-11-9-27(10-12-28)26-6-4-7-26)43(59)49-21-36(56)54(3)38-29-18-32(39(57)35(19-29)64-22-30(55)20-47)31-16-25(8-13-34(31)63-15-5-14-46)17-33(45(61)62)52-42(58)24(2)51-44(38)60/h8-13,16,18-19,24,26,30,33,38,55,57H,4-7,14-15,17,20-22,46-47H2,1-3H3,(H,49,59)(H,51,60)(H,52,58)(H,61,62)(H2,48,50,53)/t24-,30+,33-,38-/m0/s1. The molecule has 2 aliphatic rings. The number of ether oxygens (including phenoxy) is 2. The molecule has 1 aromatic heterocycles. The molecule has 19 heteroatoms. The van der Waals surface area contributed by atoms with Gasteiger partial charge in [0.25, 0.3) is 5.91 Å². The van der Waals surface area contributed by atoms with Crippen molar-refractivity contribution in [1.82, 2.24) is 30.8 Å². The smallest absolute Gasteiger partial charge is 0.326 e. The number of carbonyl (C=O) groups is 5. The number of aliphatic hydroxyl groups is 1. The lowest BCUT2D eigenvalue weighted by atomic mass is 9.80. The molecule has 19 nitrogen and oxygen atoms in total. The number of benzene rings is 3. The number of aliphatic carboxylic acids is 1. The van der Waals surface area contributed by atoms with Gasteiger partial charge in [0.05, 0.1) is 18.8 Å². The number of nitrogens with one attached hydrogen (secondary N) is 3. The fraction of sp³-hybridized carbons (Fsp3) is 0.400. The molecule has 1 aliphatic carbocycles. The number of anilines is 1. The van der Waals surface area contributed by atoms with Gasteiger partial charge in [-0.05, 0) is 86.5 Å². The number of aromatic hydroxyl groups is 1. The van der Waals surface area contributed by atoms with Crippen molar-refractivity contribution in [3.8, 4) is 39.8 Å². The number of nitrogens with two attached hydrogens (primary N) is 3. The van der Waals surface area contributed by atoms with E-state index in [1.54, 1.807) is 25.1 Å². The summed E-state index contributed by atoms with van der Waals surface area (Å²) >= 11 is 0. The summed E-state index contributed by atoms with van der Waals surface area (Å²) in [5.41, 5.74) is 20.6. The summed E-state index contributed by atoms with van der Waals surface area (Å²) in [5.74, 6) is -4.22. The molecule has 4 amide bonds. The summed E-state index contributed by atoms with van der Waals surface area (Å²) in [5, 5.41) is 39.7. The van der Waals surface area contributed by atoms with Gasteiger partial charge >= 0.3 is 5.97 Å². The molecule has 1 aliphatic heterocycles. The second-order valence-corrected chi connectivity index (χ2v) is 16.0. The number of aryl methyl sites for hydroxylation is 1. The van der Waals surface area contributed by atoms with E-state index in [0.29, 0.717) is 30.3 Å². The highest BCUT2D eigenvalue weighted by Crippen LogP contribution is 2.45. The minimum absolute atomic E-state index is 0.0446. The number of nitrogens with zero attached hydrogens (tertiary/aromatic N) is 3. The third-order valence-corrected chi connectivity index (χ3v) is 11.4. The number of fused-ring (bicyclic) bond motifs is 5. The number of phenols is 1. The van der Waals surface area contributed by atoms with Crippen LogP contribution in [0.4, 0.5) is 5.82 Å². The van der Waals surface area contributed by atoms with Crippen molar-refractivity contribution in [3.63, 3.8) is 0 Å². The Labute approximate surface area is 369 Å². The highest BCUT2D eigenvalue weighted by Gasteiger charge is 2.35. The Balaban J connectivity index is 1.35. The molecule has 4 aromatic rings. The third kappa shape index (κ3) is 10.7. The summed E-state index contributed by atoms with van der Waals surface area (Å²) in [6.45, 7) is 2.24. The number of rotatable bonds is 15.